The summed E-state index contributed by atoms with van der Waals surface area (Å²) in [6.07, 6.45) is 1.21. The van der Waals surface area contributed by atoms with Gasteiger partial charge in [0.2, 0.25) is 5.91 Å². The Kier molecular flexibility index (Phi) is 5.61. The van der Waals surface area contributed by atoms with Gasteiger partial charge >= 0.3 is 0 Å². The molecule has 0 heterocycles. The number of rotatable bonds is 6. The highest BCUT2D eigenvalue weighted by atomic mass is 32.2. The molecule has 0 bridgehead atoms. The van der Waals surface area contributed by atoms with Crippen LogP contribution in [0.1, 0.15) is 27.7 Å². The van der Waals surface area contributed by atoms with E-state index in [0.717, 1.165) is 0 Å². The van der Waals surface area contributed by atoms with Crippen molar-refractivity contribution in [2.24, 2.45) is 0 Å². The number of nitrogens with zero attached hydrogens (tertiary/aromatic N) is 1. The molecule has 0 saturated carbocycles. The van der Waals surface area contributed by atoms with E-state index < -0.39 is 14.6 Å². The van der Waals surface area contributed by atoms with E-state index in [1.807, 2.05) is 13.8 Å². The molecule has 0 unspecified atom stereocenters. The van der Waals surface area contributed by atoms with Crippen molar-refractivity contribution in [2.75, 3.05) is 26.4 Å². The minimum atomic E-state index is -3.12. The third-order valence-corrected chi connectivity index (χ3v) is 5.15. The first-order chi connectivity index (χ1) is 7.49. The van der Waals surface area contributed by atoms with Crippen molar-refractivity contribution in [2.45, 2.75) is 38.5 Å². The zero-order valence-corrected chi connectivity index (χ0v) is 12.4. The molecule has 0 rings (SSSR count). The first-order valence-electron chi connectivity index (χ1n) is 5.65. The van der Waals surface area contributed by atoms with Gasteiger partial charge in [0.1, 0.15) is 0 Å². The number of hydrogen-bond acceptors (Lipinski definition) is 4. The van der Waals surface area contributed by atoms with Gasteiger partial charge in [0.05, 0.1) is 11.3 Å². The van der Waals surface area contributed by atoms with Crippen molar-refractivity contribution in [1.82, 2.24) is 10.2 Å². The number of hydrogen-bond donors (Lipinski definition) is 1. The van der Waals surface area contributed by atoms with Crippen molar-refractivity contribution in [3.8, 4) is 0 Å². The predicted octanol–water partition coefficient (Wildman–Crippen LogP) is 0.266. The van der Waals surface area contributed by atoms with Crippen LogP contribution in [0.25, 0.3) is 0 Å². The zero-order valence-electron chi connectivity index (χ0n) is 11.6. The maximum absolute atomic E-state index is 11.6. The van der Waals surface area contributed by atoms with Crippen LogP contribution in [0.15, 0.2) is 0 Å². The number of amides is 1. The first-order valence-corrected chi connectivity index (χ1v) is 7.54. The fourth-order valence-corrected chi connectivity index (χ4v) is 1.38. The normalized spacial score (nSPS) is 12.9. The lowest BCUT2D eigenvalue weighted by Crippen LogP contribution is -2.46. The summed E-state index contributed by atoms with van der Waals surface area (Å²) in [5, 5.41) is 2.90. The van der Waals surface area contributed by atoms with Gasteiger partial charge in [0.25, 0.3) is 0 Å². The maximum atomic E-state index is 11.6. The topological polar surface area (TPSA) is 66.5 Å². The average Bonchev–Trinajstić information content (AvgIpc) is 2.14. The van der Waals surface area contributed by atoms with Crippen LogP contribution in [0.2, 0.25) is 0 Å². The molecule has 0 fully saturated rings. The van der Waals surface area contributed by atoms with Crippen LogP contribution in [0.4, 0.5) is 0 Å². The Morgan fingerprint density at radius 1 is 1.35 bits per heavy atom. The van der Waals surface area contributed by atoms with E-state index in [9.17, 15) is 13.2 Å². The van der Waals surface area contributed by atoms with Gasteiger partial charge in [-0.1, -0.05) is 0 Å². The van der Waals surface area contributed by atoms with Crippen LogP contribution < -0.4 is 5.32 Å². The molecular formula is C11H24N2O3S. The molecule has 102 valence electrons. The Morgan fingerprint density at radius 2 is 1.82 bits per heavy atom. The van der Waals surface area contributed by atoms with Gasteiger partial charge < -0.3 is 10.2 Å². The smallest absolute Gasteiger partial charge is 0.236 e. The summed E-state index contributed by atoms with van der Waals surface area (Å²) in [6, 6.07) is 0.146. The molecule has 0 atom stereocenters. The molecule has 0 spiro atoms. The van der Waals surface area contributed by atoms with Crippen molar-refractivity contribution in [3.63, 3.8) is 0 Å². The summed E-state index contributed by atoms with van der Waals surface area (Å²) in [6.45, 7) is 7.58. The van der Waals surface area contributed by atoms with Crippen LogP contribution in [-0.2, 0) is 14.6 Å². The molecule has 0 aromatic rings. The molecule has 1 N–H and O–H groups in total. The Hall–Kier alpha value is -0.620. The van der Waals surface area contributed by atoms with Crippen LogP contribution >= 0.6 is 0 Å². The summed E-state index contributed by atoms with van der Waals surface area (Å²) in [5.41, 5.74) is 0. The van der Waals surface area contributed by atoms with E-state index in [1.54, 1.807) is 25.8 Å². The minimum absolute atomic E-state index is 0.0377. The third-order valence-electron chi connectivity index (χ3n) is 3.00. The standard InChI is InChI=1S/C11H24N2O3S/c1-9(2)13(5)10(14)7-12-8-11(3,4)17(6,15)16/h9,12H,7-8H2,1-6H3. The van der Waals surface area contributed by atoms with Crippen molar-refractivity contribution < 1.29 is 13.2 Å². The quantitative estimate of drug-likeness (QED) is 0.747. The largest absolute Gasteiger partial charge is 0.342 e. The van der Waals surface area contributed by atoms with Crippen LogP contribution in [0.5, 0.6) is 0 Å². The Bertz CT molecular complexity index is 361. The van der Waals surface area contributed by atoms with Gasteiger partial charge in [-0.05, 0) is 27.7 Å². The first kappa shape index (κ1) is 16.4. The highest BCUT2D eigenvalue weighted by molar-refractivity contribution is 7.92. The number of carbonyl (C=O) groups is 1. The Morgan fingerprint density at radius 3 is 2.18 bits per heavy atom. The molecule has 0 saturated heterocycles. The van der Waals surface area contributed by atoms with Crippen molar-refractivity contribution in [1.29, 1.82) is 0 Å². The van der Waals surface area contributed by atoms with E-state index in [2.05, 4.69) is 5.32 Å². The second-order valence-electron chi connectivity index (χ2n) is 5.23. The van der Waals surface area contributed by atoms with E-state index in [1.165, 1.54) is 6.26 Å². The van der Waals surface area contributed by atoms with Crippen LogP contribution in [-0.4, -0.2) is 56.4 Å². The lowest BCUT2D eigenvalue weighted by molar-refractivity contribution is -0.130. The molecular weight excluding hydrogens is 240 g/mol. The molecule has 0 radical (unpaired) electrons. The molecule has 6 heteroatoms. The molecule has 5 nitrogen and oxygen atoms in total. The van der Waals surface area contributed by atoms with Gasteiger partial charge in [0.15, 0.2) is 9.84 Å². The number of nitrogens with one attached hydrogen (secondary N) is 1. The van der Waals surface area contributed by atoms with Gasteiger partial charge in [0, 0.05) is 25.9 Å². The molecule has 1 amide bonds. The number of carbonyl (C=O) groups excluding carboxylic acids is 1. The van der Waals surface area contributed by atoms with E-state index in [0.29, 0.717) is 0 Å². The van der Waals surface area contributed by atoms with Gasteiger partial charge in [-0.25, -0.2) is 8.42 Å². The molecule has 0 aliphatic carbocycles. The predicted molar refractivity (Wildman–Crippen MR) is 69.7 cm³/mol. The fourth-order valence-electron chi connectivity index (χ4n) is 1.01. The zero-order chi connectivity index (χ0) is 13.9. The highest BCUT2D eigenvalue weighted by Gasteiger charge is 2.29. The van der Waals surface area contributed by atoms with Crippen molar-refractivity contribution in [3.05, 3.63) is 0 Å². The monoisotopic (exact) mass is 264 g/mol. The molecule has 17 heavy (non-hydrogen) atoms. The van der Waals surface area contributed by atoms with Gasteiger partial charge in [-0.3, -0.25) is 4.79 Å². The summed E-state index contributed by atoms with van der Waals surface area (Å²) in [5.74, 6) is -0.0377. The SMILES string of the molecule is CC(C)N(C)C(=O)CNCC(C)(C)S(C)(=O)=O. The van der Waals surface area contributed by atoms with Crippen molar-refractivity contribution >= 4 is 15.7 Å². The molecule has 0 aromatic heterocycles. The molecule has 0 aliphatic heterocycles. The third kappa shape index (κ3) is 5.04. The lowest BCUT2D eigenvalue weighted by Gasteiger charge is -2.25. The summed E-state index contributed by atoms with van der Waals surface area (Å²) >= 11 is 0. The lowest BCUT2D eigenvalue weighted by atomic mass is 10.2. The Labute approximate surface area is 104 Å². The highest BCUT2D eigenvalue weighted by Crippen LogP contribution is 2.13. The van der Waals surface area contributed by atoms with E-state index in [-0.39, 0.29) is 25.0 Å². The maximum Gasteiger partial charge on any atom is 0.236 e. The van der Waals surface area contributed by atoms with Crippen LogP contribution in [0, 0.1) is 0 Å². The second-order valence-corrected chi connectivity index (χ2v) is 7.88. The Balaban J connectivity index is 4.22. The average molecular weight is 264 g/mol. The summed E-state index contributed by atoms with van der Waals surface area (Å²) < 4.78 is 22.0. The fraction of sp³-hybridized carbons (Fsp3) is 0.909. The summed E-state index contributed by atoms with van der Waals surface area (Å²) in [4.78, 5) is 13.3. The van der Waals surface area contributed by atoms with Gasteiger partial charge in [-0.15, -0.1) is 0 Å². The summed E-state index contributed by atoms with van der Waals surface area (Å²) in [7, 11) is -1.39. The number of likely N-dealkylation sites (N-methyl/N-ethyl adjacent to an activating group) is 1. The molecule has 0 aromatic carbocycles. The second kappa shape index (κ2) is 5.82. The van der Waals surface area contributed by atoms with Crippen LogP contribution in [0.3, 0.4) is 0 Å². The number of sulfone groups is 1. The van der Waals surface area contributed by atoms with Gasteiger partial charge in [-0.2, -0.15) is 0 Å². The van der Waals surface area contributed by atoms with E-state index in [4.69, 9.17) is 0 Å². The molecule has 0 aliphatic rings. The minimum Gasteiger partial charge on any atom is -0.342 e. The van der Waals surface area contributed by atoms with E-state index >= 15 is 0 Å².